The van der Waals surface area contributed by atoms with Crippen molar-refractivity contribution in [1.82, 2.24) is 0 Å². The van der Waals surface area contributed by atoms with Crippen LogP contribution in [0.4, 0.5) is 0 Å². The lowest BCUT2D eigenvalue weighted by Gasteiger charge is -2.09. The lowest BCUT2D eigenvalue weighted by atomic mass is 9.97. The average molecular weight is 1300 g/mol. The van der Waals surface area contributed by atoms with E-state index in [9.17, 15) is 14.4 Å². The molecule has 6 heteroatoms. The highest BCUT2D eigenvalue weighted by Crippen LogP contribution is 2.56. The first-order valence-corrected chi connectivity index (χ1v) is 39.9. The summed E-state index contributed by atoms with van der Waals surface area (Å²) in [5.41, 5.74) is 1.77. The summed E-state index contributed by atoms with van der Waals surface area (Å²) >= 11 is 0. The summed E-state index contributed by atoms with van der Waals surface area (Å²) in [4.78, 5) is 43.0. The SMILES string of the molecule is CCCCCCCCCCCCCCCCCOC(=O)c1ccc2c3c1cccc3c1c2c2c3cccc4c(C(=O)OCCCCCCCCCCCCCCCCC)ccc(c43)c2c2c3cccc4c(C(=O)OCCCCCCCCCCCCCCCCC)ccc(c43)c12. The van der Waals surface area contributed by atoms with Gasteiger partial charge < -0.3 is 14.2 Å². The van der Waals surface area contributed by atoms with Gasteiger partial charge in [-0.2, -0.15) is 0 Å². The van der Waals surface area contributed by atoms with E-state index in [4.69, 9.17) is 14.2 Å². The van der Waals surface area contributed by atoms with Crippen molar-refractivity contribution in [1.29, 1.82) is 0 Å². The molecule has 0 spiro atoms. The number of hydrogen-bond acceptors (Lipinski definition) is 6. The lowest BCUT2D eigenvalue weighted by molar-refractivity contribution is 0.0490. The van der Waals surface area contributed by atoms with E-state index < -0.39 is 0 Å². The van der Waals surface area contributed by atoms with Gasteiger partial charge in [-0.05, 0) is 134 Å². The molecule has 0 aromatic heterocycles. The topological polar surface area (TPSA) is 78.9 Å². The van der Waals surface area contributed by atoms with Gasteiger partial charge in [-0.3, -0.25) is 0 Å². The highest BCUT2D eigenvalue weighted by atomic mass is 16.5. The minimum absolute atomic E-state index is 0.275. The maximum Gasteiger partial charge on any atom is 0.338 e. The minimum atomic E-state index is -0.275. The molecule has 0 radical (unpaired) electrons. The molecule has 0 saturated carbocycles. The first-order valence-electron chi connectivity index (χ1n) is 39.9. The van der Waals surface area contributed by atoms with Crippen LogP contribution in [0.25, 0.3) is 97.0 Å². The molecule has 6 nitrogen and oxygen atoms in total. The number of rotatable bonds is 51. The van der Waals surface area contributed by atoms with Gasteiger partial charge in [0.1, 0.15) is 0 Å². The Bertz CT molecular complexity index is 3450. The second-order valence-electron chi connectivity index (χ2n) is 29.2. The normalized spacial score (nSPS) is 12.2. The van der Waals surface area contributed by atoms with Crippen LogP contribution in [0.15, 0.2) is 91.0 Å². The molecule has 10 aromatic rings. The van der Waals surface area contributed by atoms with Gasteiger partial charge in [0.25, 0.3) is 0 Å². The first-order chi connectivity index (χ1) is 47.5. The van der Waals surface area contributed by atoms with Crippen LogP contribution >= 0.6 is 0 Å². The molecule has 0 aliphatic rings. The van der Waals surface area contributed by atoms with Crippen LogP contribution < -0.4 is 0 Å². The van der Waals surface area contributed by atoms with Crippen LogP contribution in [-0.2, 0) is 14.2 Å². The van der Waals surface area contributed by atoms with Crippen molar-refractivity contribution < 1.29 is 28.6 Å². The van der Waals surface area contributed by atoms with Crippen LogP contribution in [-0.4, -0.2) is 37.7 Å². The Labute approximate surface area is 577 Å². The third-order valence-corrected chi connectivity index (χ3v) is 21.8. The highest BCUT2D eigenvalue weighted by molar-refractivity contribution is 6.56. The molecule has 516 valence electrons. The molecule has 0 amide bonds. The molecule has 10 aromatic carbocycles. The van der Waals surface area contributed by atoms with Crippen molar-refractivity contribution in [3.8, 4) is 0 Å². The Morgan fingerprint density at radius 1 is 0.198 bits per heavy atom. The summed E-state index contributed by atoms with van der Waals surface area (Å²) < 4.78 is 18.4. The van der Waals surface area contributed by atoms with Gasteiger partial charge in [0, 0.05) is 0 Å². The van der Waals surface area contributed by atoms with Crippen molar-refractivity contribution in [2.45, 2.75) is 310 Å². The summed E-state index contributed by atoms with van der Waals surface area (Å²) in [6, 6.07) is 31.7. The van der Waals surface area contributed by atoms with E-state index in [0.29, 0.717) is 36.5 Å². The Morgan fingerprint density at radius 2 is 0.365 bits per heavy atom. The van der Waals surface area contributed by atoms with Gasteiger partial charge in [0.2, 0.25) is 0 Å². The minimum Gasteiger partial charge on any atom is -0.462 e. The molecule has 0 aliphatic heterocycles. The molecule has 0 aliphatic carbocycles. The fourth-order valence-electron chi connectivity index (χ4n) is 16.5. The van der Waals surface area contributed by atoms with Gasteiger partial charge in [-0.15, -0.1) is 0 Å². The van der Waals surface area contributed by atoms with Crippen LogP contribution in [0.3, 0.4) is 0 Å². The zero-order valence-electron chi connectivity index (χ0n) is 60.1. The van der Waals surface area contributed by atoms with Crippen molar-refractivity contribution in [2.75, 3.05) is 19.8 Å². The number of unbranched alkanes of at least 4 members (excludes halogenated alkanes) is 42. The van der Waals surface area contributed by atoms with Gasteiger partial charge in [-0.25, -0.2) is 14.4 Å². The van der Waals surface area contributed by atoms with Crippen molar-refractivity contribution in [3.63, 3.8) is 0 Å². The van der Waals surface area contributed by atoms with E-state index in [1.165, 1.54) is 250 Å². The Morgan fingerprint density at radius 3 is 0.562 bits per heavy atom. The molecule has 0 N–H and O–H groups in total. The monoisotopic (exact) mass is 1300 g/mol. The van der Waals surface area contributed by atoms with Gasteiger partial charge >= 0.3 is 17.9 Å². The quantitative estimate of drug-likeness (QED) is 0.0215. The van der Waals surface area contributed by atoms with Gasteiger partial charge in [0.15, 0.2) is 0 Å². The maximum atomic E-state index is 14.3. The zero-order chi connectivity index (χ0) is 66.5. The predicted molar refractivity (Wildman–Crippen MR) is 413 cm³/mol. The molecule has 96 heavy (non-hydrogen) atoms. The number of carbonyl (C=O) groups excluding carboxylic acids is 3. The van der Waals surface area contributed by atoms with Crippen molar-refractivity contribution in [3.05, 3.63) is 108 Å². The number of ether oxygens (including phenoxy) is 3. The average Bonchev–Trinajstić information content (AvgIpc) is 1.50. The zero-order valence-corrected chi connectivity index (χ0v) is 60.1. The number of hydrogen-bond donors (Lipinski definition) is 0. The van der Waals surface area contributed by atoms with Crippen LogP contribution in [0.1, 0.15) is 341 Å². The van der Waals surface area contributed by atoms with E-state index in [-0.39, 0.29) is 17.9 Å². The third-order valence-electron chi connectivity index (χ3n) is 21.8. The fourth-order valence-corrected chi connectivity index (χ4v) is 16.5. The largest absolute Gasteiger partial charge is 0.462 e. The van der Waals surface area contributed by atoms with Crippen LogP contribution in [0, 0.1) is 0 Å². The van der Waals surface area contributed by atoms with Crippen LogP contribution in [0.5, 0.6) is 0 Å². The summed E-state index contributed by atoms with van der Waals surface area (Å²) in [7, 11) is 0. The fraction of sp³-hybridized carbons (Fsp3) is 0.567. The summed E-state index contributed by atoms with van der Waals surface area (Å²) in [5.74, 6) is -0.825. The summed E-state index contributed by atoms with van der Waals surface area (Å²) in [6.07, 6.45) is 58.1. The van der Waals surface area contributed by atoms with Crippen molar-refractivity contribution >= 4 is 115 Å². The van der Waals surface area contributed by atoms with E-state index >= 15 is 0 Å². The molecule has 0 heterocycles. The summed E-state index contributed by atoms with van der Waals surface area (Å²) in [6.45, 7) is 8.10. The molecule has 0 saturated heterocycles. The molecule has 0 atom stereocenters. The number of carbonyl (C=O) groups is 3. The van der Waals surface area contributed by atoms with Gasteiger partial charge in [-0.1, -0.05) is 363 Å². The molecule has 0 unspecified atom stereocenters. The van der Waals surface area contributed by atoms with Gasteiger partial charge in [0.05, 0.1) is 36.5 Å². The number of esters is 3. The maximum absolute atomic E-state index is 14.3. The van der Waals surface area contributed by atoms with Crippen molar-refractivity contribution in [2.24, 2.45) is 0 Å². The first kappa shape index (κ1) is 72.5. The number of benzene rings is 7. The highest BCUT2D eigenvalue weighted by Gasteiger charge is 2.30. The molecule has 0 fully saturated rings. The standard InChI is InChI=1S/C90H120O6/c1-4-7-10-13-16-19-22-25-28-31-34-37-40-43-46-64-94-88(91)70-58-61-76-79-67(70)52-49-55-73(79)82-85(76)83-74-56-50-53-68-72(90(93)96-66-48-45-42-39-36-33-30-27-24-21-18-15-12-9-6-3)60-63-78(80(68)74)87(83)84-75-57-51-54-69-71(59-62-77(81(69)75)86(82)84)89(92)95-65-47-44-41-38-35-32-29-26-23-20-17-14-11-8-5-2/h49-63H,4-48,64-66H2,1-3H3. The second-order valence-corrected chi connectivity index (χ2v) is 29.2. The smallest absolute Gasteiger partial charge is 0.338 e. The number of fused-ring (bicyclic) bond motifs is 12. The Kier molecular flexibility index (Phi) is 29.7. The molecule has 10 rings (SSSR count). The third kappa shape index (κ3) is 18.5. The molecule has 0 bridgehead atoms. The van der Waals surface area contributed by atoms with Crippen LogP contribution in [0.2, 0.25) is 0 Å². The second kappa shape index (κ2) is 39.4. The Hall–Kier alpha value is -6.27. The van der Waals surface area contributed by atoms with E-state index in [1.54, 1.807) is 0 Å². The molecular formula is C90H120O6. The lowest BCUT2D eigenvalue weighted by Crippen LogP contribution is -2.07. The predicted octanol–water partition coefficient (Wildman–Crippen LogP) is 28.5. The van der Waals surface area contributed by atoms with E-state index in [0.717, 1.165) is 135 Å². The summed E-state index contributed by atoms with van der Waals surface area (Å²) in [5, 5.41) is 19.2. The Balaban J connectivity index is 0.863. The van der Waals surface area contributed by atoms with E-state index in [1.807, 2.05) is 18.2 Å². The molecular weight excluding hydrogens is 1180 g/mol. The van der Waals surface area contributed by atoms with E-state index in [2.05, 4.69) is 93.6 Å².